The van der Waals surface area contributed by atoms with Crippen molar-refractivity contribution in [3.8, 4) is 0 Å². The highest BCUT2D eigenvalue weighted by Crippen LogP contribution is 1.97. The molecule has 0 radical (unpaired) electrons. The molecule has 0 unspecified atom stereocenters. The number of rotatable bonds is 5. The average molecular weight is 142 g/mol. The van der Waals surface area contributed by atoms with Crippen LogP contribution in [0, 0.1) is 5.41 Å². The van der Waals surface area contributed by atoms with E-state index in [0.29, 0.717) is 6.42 Å². The molecule has 3 N–H and O–H groups in total. The molecule has 0 rings (SSSR count). The van der Waals surface area contributed by atoms with Crippen molar-refractivity contribution in [2.75, 3.05) is 0 Å². The van der Waals surface area contributed by atoms with Crippen LogP contribution in [0.4, 0.5) is 0 Å². The lowest BCUT2D eigenvalue weighted by atomic mass is 10.1. The first kappa shape index (κ1) is 9.30. The minimum Gasteiger partial charge on any atom is -0.322 e. The fourth-order valence-corrected chi connectivity index (χ4v) is 0.643. The number of unbranched alkanes of at least 4 members (excludes halogenated alkanes) is 1. The Balaban J connectivity index is 3.30. The van der Waals surface area contributed by atoms with Gasteiger partial charge in [-0.05, 0) is 32.4 Å². The van der Waals surface area contributed by atoms with Crippen molar-refractivity contribution >= 4 is 12.0 Å². The maximum absolute atomic E-state index is 10.6. The van der Waals surface area contributed by atoms with Crippen LogP contribution >= 0.6 is 0 Å². The Morgan fingerprint density at radius 2 is 2.40 bits per heavy atom. The first-order valence-electron chi connectivity index (χ1n) is 3.43. The summed E-state index contributed by atoms with van der Waals surface area (Å²) < 4.78 is 0. The van der Waals surface area contributed by atoms with Gasteiger partial charge in [-0.2, -0.15) is 0 Å². The van der Waals surface area contributed by atoms with Crippen molar-refractivity contribution in [3.63, 3.8) is 0 Å². The molecular formula is C7H14N2O. The van der Waals surface area contributed by atoms with Gasteiger partial charge in [-0.1, -0.05) is 0 Å². The van der Waals surface area contributed by atoms with Crippen LogP contribution in [-0.4, -0.2) is 18.0 Å². The fourth-order valence-electron chi connectivity index (χ4n) is 0.643. The first-order chi connectivity index (χ1) is 4.68. The van der Waals surface area contributed by atoms with E-state index in [-0.39, 0.29) is 11.8 Å². The van der Waals surface area contributed by atoms with E-state index in [2.05, 4.69) is 0 Å². The van der Waals surface area contributed by atoms with Crippen LogP contribution in [0.5, 0.6) is 0 Å². The molecular weight excluding hydrogens is 128 g/mol. The molecule has 58 valence electrons. The van der Waals surface area contributed by atoms with Crippen LogP contribution in [0.3, 0.4) is 0 Å². The van der Waals surface area contributed by atoms with E-state index >= 15 is 0 Å². The predicted octanol–water partition coefficient (Wildman–Crippen LogP) is 0.723. The fraction of sp³-hybridized carbons (Fsp3) is 0.714. The van der Waals surface area contributed by atoms with E-state index in [1.807, 2.05) is 0 Å². The van der Waals surface area contributed by atoms with Crippen molar-refractivity contribution < 1.29 is 4.79 Å². The zero-order valence-electron chi connectivity index (χ0n) is 6.26. The van der Waals surface area contributed by atoms with E-state index in [1.165, 1.54) is 13.1 Å². The topological polar surface area (TPSA) is 66.9 Å². The summed E-state index contributed by atoms with van der Waals surface area (Å²) in [6.07, 6.45) is 3.60. The van der Waals surface area contributed by atoms with Crippen molar-refractivity contribution in [1.29, 1.82) is 5.41 Å². The summed E-state index contributed by atoms with van der Waals surface area (Å²) >= 11 is 0. The minimum absolute atomic E-state index is 0.0324. The first-order valence-corrected chi connectivity index (χ1v) is 3.43. The molecule has 0 aliphatic heterocycles. The summed E-state index contributed by atoms with van der Waals surface area (Å²) in [5, 5.41) is 6.70. The van der Waals surface area contributed by atoms with Gasteiger partial charge in [0, 0.05) is 0 Å². The third-order valence-electron chi connectivity index (χ3n) is 1.39. The summed E-state index contributed by atoms with van der Waals surface area (Å²) in [4.78, 5) is 10.6. The number of nitrogens with two attached hydrogens (primary N) is 1. The molecule has 0 amide bonds. The Morgan fingerprint density at radius 1 is 1.80 bits per heavy atom. The lowest BCUT2D eigenvalue weighted by Crippen LogP contribution is -2.27. The quantitative estimate of drug-likeness (QED) is 0.439. The van der Waals surface area contributed by atoms with Gasteiger partial charge in [0.2, 0.25) is 0 Å². The molecule has 0 aliphatic carbocycles. The van der Waals surface area contributed by atoms with Crippen molar-refractivity contribution in [1.82, 2.24) is 0 Å². The molecule has 0 fully saturated rings. The zero-order chi connectivity index (χ0) is 7.98. The highest BCUT2D eigenvalue weighted by atomic mass is 16.1. The molecule has 0 aromatic rings. The largest absolute Gasteiger partial charge is 0.322 e. The third-order valence-corrected chi connectivity index (χ3v) is 1.39. The lowest BCUT2D eigenvalue weighted by molar-refractivity contribution is -0.118. The van der Waals surface area contributed by atoms with E-state index in [9.17, 15) is 4.79 Å². The van der Waals surface area contributed by atoms with Gasteiger partial charge < -0.3 is 11.1 Å². The average Bonchev–Trinajstić information content (AvgIpc) is 1.88. The highest BCUT2D eigenvalue weighted by molar-refractivity contribution is 5.81. The Hall–Kier alpha value is -0.700. The number of carbonyl (C=O) groups excluding carboxylic acids is 1. The van der Waals surface area contributed by atoms with Crippen LogP contribution in [0.1, 0.15) is 26.2 Å². The normalized spacial score (nSPS) is 12.6. The van der Waals surface area contributed by atoms with Gasteiger partial charge >= 0.3 is 0 Å². The molecule has 0 aliphatic rings. The zero-order valence-corrected chi connectivity index (χ0v) is 6.26. The Morgan fingerprint density at radius 3 is 2.80 bits per heavy atom. The van der Waals surface area contributed by atoms with Crippen molar-refractivity contribution in [3.05, 3.63) is 0 Å². The van der Waals surface area contributed by atoms with Crippen molar-refractivity contribution in [2.45, 2.75) is 32.2 Å². The maximum atomic E-state index is 10.6. The molecule has 0 aromatic carbocycles. The highest BCUT2D eigenvalue weighted by Gasteiger charge is 2.05. The molecule has 0 bridgehead atoms. The Kier molecular flexibility index (Phi) is 4.76. The smallest absolute Gasteiger partial charge is 0.146 e. The van der Waals surface area contributed by atoms with Crippen LogP contribution < -0.4 is 5.73 Å². The third kappa shape index (κ3) is 4.21. The molecule has 0 saturated heterocycles. The van der Waals surface area contributed by atoms with E-state index in [0.717, 1.165) is 12.8 Å². The summed E-state index contributed by atoms with van der Waals surface area (Å²) in [5.74, 6) is 0.0324. The van der Waals surface area contributed by atoms with Gasteiger partial charge in [-0.3, -0.25) is 4.79 Å². The minimum atomic E-state index is -0.319. The summed E-state index contributed by atoms with van der Waals surface area (Å²) in [5.41, 5.74) is 5.43. The summed E-state index contributed by atoms with van der Waals surface area (Å²) in [6, 6.07) is -0.319. The van der Waals surface area contributed by atoms with Crippen molar-refractivity contribution in [2.24, 2.45) is 5.73 Å². The number of hydrogen-bond donors (Lipinski definition) is 2. The van der Waals surface area contributed by atoms with E-state index in [1.54, 1.807) is 0 Å². The summed E-state index contributed by atoms with van der Waals surface area (Å²) in [7, 11) is 0. The second kappa shape index (κ2) is 5.11. The standard InChI is InChI=1S/C7H14N2O/c1-6(10)7(9)4-2-3-5-8/h5,7-8H,2-4,9H2,1H3/t7-/m0/s1. The molecule has 0 aromatic heterocycles. The molecule has 0 spiro atoms. The Labute approximate surface area is 61.1 Å². The van der Waals surface area contributed by atoms with Crippen LogP contribution in [0.15, 0.2) is 0 Å². The van der Waals surface area contributed by atoms with Crippen LogP contribution in [-0.2, 0) is 4.79 Å². The van der Waals surface area contributed by atoms with Gasteiger partial charge in [0.1, 0.15) is 5.78 Å². The van der Waals surface area contributed by atoms with Crippen LogP contribution in [0.2, 0.25) is 0 Å². The van der Waals surface area contributed by atoms with Gasteiger partial charge in [0.25, 0.3) is 0 Å². The summed E-state index contributed by atoms with van der Waals surface area (Å²) in [6.45, 7) is 1.50. The number of Topliss-reactive ketones (excluding diaryl/α,β-unsaturated/α-hetero) is 1. The van der Waals surface area contributed by atoms with Gasteiger partial charge in [0.05, 0.1) is 6.04 Å². The second-order valence-electron chi connectivity index (χ2n) is 2.35. The number of carbonyl (C=O) groups is 1. The number of ketones is 1. The molecule has 3 nitrogen and oxygen atoms in total. The monoisotopic (exact) mass is 142 g/mol. The van der Waals surface area contributed by atoms with Gasteiger partial charge in [0.15, 0.2) is 0 Å². The maximum Gasteiger partial charge on any atom is 0.146 e. The van der Waals surface area contributed by atoms with E-state index < -0.39 is 0 Å². The molecule has 3 heteroatoms. The molecule has 1 atom stereocenters. The predicted molar refractivity (Wildman–Crippen MR) is 41.3 cm³/mol. The van der Waals surface area contributed by atoms with Gasteiger partial charge in [-0.25, -0.2) is 0 Å². The number of nitrogens with one attached hydrogen (secondary N) is 1. The number of hydrogen-bond acceptors (Lipinski definition) is 3. The molecule has 0 saturated carbocycles. The molecule has 0 heterocycles. The van der Waals surface area contributed by atoms with E-state index in [4.69, 9.17) is 11.1 Å². The SMILES string of the molecule is CC(=O)[C@@H](N)CCCC=N. The second-order valence-corrected chi connectivity index (χ2v) is 2.35. The Bertz CT molecular complexity index is 123. The van der Waals surface area contributed by atoms with Gasteiger partial charge in [-0.15, -0.1) is 0 Å². The molecule has 10 heavy (non-hydrogen) atoms. The van der Waals surface area contributed by atoms with Crippen LogP contribution in [0.25, 0.3) is 0 Å². The lowest BCUT2D eigenvalue weighted by Gasteiger charge is -2.04.